The molecule has 0 saturated carbocycles. The van der Waals surface area contributed by atoms with Crippen molar-refractivity contribution in [2.75, 3.05) is 52.4 Å². The van der Waals surface area contributed by atoms with Gasteiger partial charge in [-0.2, -0.15) is 0 Å². The maximum absolute atomic E-state index is 13.4. The average molecular weight is 456 g/mol. The van der Waals surface area contributed by atoms with Crippen LogP contribution in [0, 0.1) is 17.8 Å². The van der Waals surface area contributed by atoms with Gasteiger partial charge in [-0.1, -0.05) is 25.1 Å². The van der Waals surface area contributed by atoms with Crippen molar-refractivity contribution in [3.63, 3.8) is 0 Å². The van der Waals surface area contributed by atoms with Gasteiger partial charge in [-0.05, 0) is 75.6 Å². The van der Waals surface area contributed by atoms with E-state index in [4.69, 9.17) is 4.74 Å². The molecule has 3 aliphatic rings. The first-order valence-corrected chi connectivity index (χ1v) is 13.0. The summed E-state index contributed by atoms with van der Waals surface area (Å²) in [5.74, 6) is 2.55. The van der Waals surface area contributed by atoms with Crippen LogP contribution in [0.5, 0.6) is 5.75 Å². The fraction of sp³-hybridized carbons (Fsp3) is 0.704. The summed E-state index contributed by atoms with van der Waals surface area (Å²) >= 11 is 0. The second-order valence-electron chi connectivity index (χ2n) is 10.4. The number of ether oxygens (including phenoxy) is 1. The number of hydrogen-bond acceptors (Lipinski definition) is 4. The number of para-hydroxylation sites is 1. The lowest BCUT2D eigenvalue weighted by molar-refractivity contribution is -0.142. The highest BCUT2D eigenvalue weighted by Crippen LogP contribution is 2.25. The van der Waals surface area contributed by atoms with Crippen molar-refractivity contribution in [1.29, 1.82) is 0 Å². The van der Waals surface area contributed by atoms with Gasteiger partial charge in [0.1, 0.15) is 5.75 Å². The molecular formula is C27H41N3O3. The lowest BCUT2D eigenvalue weighted by Gasteiger charge is -2.40. The van der Waals surface area contributed by atoms with Crippen molar-refractivity contribution in [1.82, 2.24) is 14.7 Å². The van der Waals surface area contributed by atoms with Crippen LogP contribution in [0.4, 0.5) is 0 Å². The van der Waals surface area contributed by atoms with E-state index in [2.05, 4.69) is 16.7 Å². The van der Waals surface area contributed by atoms with E-state index in [1.807, 2.05) is 35.2 Å². The maximum atomic E-state index is 13.4. The van der Waals surface area contributed by atoms with Crippen molar-refractivity contribution < 1.29 is 14.3 Å². The first kappa shape index (κ1) is 24.1. The van der Waals surface area contributed by atoms with E-state index in [1.165, 1.54) is 32.4 Å². The molecule has 0 radical (unpaired) electrons. The molecule has 0 bridgehead atoms. The number of nitrogens with zero attached hydrogens (tertiary/aromatic N) is 3. The zero-order valence-electron chi connectivity index (χ0n) is 20.3. The van der Waals surface area contributed by atoms with Gasteiger partial charge in [0.2, 0.25) is 11.8 Å². The number of carbonyl (C=O) groups is 2. The number of likely N-dealkylation sites (tertiary alicyclic amines) is 3. The van der Waals surface area contributed by atoms with E-state index in [-0.39, 0.29) is 17.7 Å². The molecule has 1 aromatic rings. The molecule has 3 fully saturated rings. The van der Waals surface area contributed by atoms with Gasteiger partial charge < -0.3 is 19.4 Å². The van der Waals surface area contributed by atoms with E-state index in [0.717, 1.165) is 57.1 Å². The van der Waals surface area contributed by atoms with Crippen molar-refractivity contribution >= 4 is 11.8 Å². The van der Waals surface area contributed by atoms with Crippen LogP contribution in [0.15, 0.2) is 30.3 Å². The van der Waals surface area contributed by atoms with E-state index >= 15 is 0 Å². The second-order valence-corrected chi connectivity index (χ2v) is 10.4. The molecule has 6 heteroatoms. The molecule has 3 saturated heterocycles. The predicted molar refractivity (Wildman–Crippen MR) is 130 cm³/mol. The highest BCUT2D eigenvalue weighted by atomic mass is 16.5. The Labute approximate surface area is 199 Å². The first-order chi connectivity index (χ1) is 16.1. The molecule has 4 rings (SSSR count). The number of amides is 2. The quantitative estimate of drug-likeness (QED) is 0.630. The van der Waals surface area contributed by atoms with Crippen molar-refractivity contribution in [3.05, 3.63) is 30.3 Å². The topological polar surface area (TPSA) is 53.1 Å². The van der Waals surface area contributed by atoms with Gasteiger partial charge in [-0.25, -0.2) is 0 Å². The monoisotopic (exact) mass is 455 g/mol. The molecule has 6 nitrogen and oxygen atoms in total. The molecule has 0 N–H and O–H groups in total. The Bertz CT molecular complexity index is 763. The number of hydrogen-bond donors (Lipinski definition) is 0. The average Bonchev–Trinajstić information content (AvgIpc) is 2.86. The molecule has 33 heavy (non-hydrogen) atoms. The van der Waals surface area contributed by atoms with Gasteiger partial charge in [0.25, 0.3) is 0 Å². The molecule has 0 spiro atoms. The van der Waals surface area contributed by atoms with Crippen LogP contribution in [-0.4, -0.2) is 78.9 Å². The van der Waals surface area contributed by atoms with E-state index in [0.29, 0.717) is 25.5 Å². The highest BCUT2D eigenvalue weighted by molar-refractivity contribution is 5.81. The molecule has 3 aliphatic heterocycles. The first-order valence-electron chi connectivity index (χ1n) is 13.0. The number of benzene rings is 1. The molecule has 2 unspecified atom stereocenters. The van der Waals surface area contributed by atoms with Crippen LogP contribution in [0.2, 0.25) is 0 Å². The Morgan fingerprint density at radius 3 is 2.42 bits per heavy atom. The number of rotatable bonds is 7. The van der Waals surface area contributed by atoms with Crippen LogP contribution in [-0.2, 0) is 9.59 Å². The fourth-order valence-electron chi connectivity index (χ4n) is 5.62. The smallest absolute Gasteiger partial charge is 0.227 e. The van der Waals surface area contributed by atoms with E-state index in [1.54, 1.807) is 0 Å². The highest BCUT2D eigenvalue weighted by Gasteiger charge is 2.33. The summed E-state index contributed by atoms with van der Waals surface area (Å²) in [7, 11) is 0. The third kappa shape index (κ3) is 6.95. The minimum atomic E-state index is -0.0488. The summed E-state index contributed by atoms with van der Waals surface area (Å²) < 4.78 is 5.69. The Hall–Kier alpha value is -2.08. The van der Waals surface area contributed by atoms with Crippen molar-refractivity contribution in [2.24, 2.45) is 17.8 Å². The van der Waals surface area contributed by atoms with Crippen molar-refractivity contribution in [3.8, 4) is 5.75 Å². The minimum Gasteiger partial charge on any atom is -0.493 e. The molecule has 2 amide bonds. The van der Waals surface area contributed by atoms with Crippen LogP contribution < -0.4 is 4.74 Å². The van der Waals surface area contributed by atoms with Gasteiger partial charge in [0.05, 0.1) is 18.9 Å². The SMILES string of the molecule is CC1CCN(CC2CCCN(C(=O)C3CCCN(C(=O)CCOc4ccccc4)C3)C2)CC1. The van der Waals surface area contributed by atoms with E-state index in [9.17, 15) is 9.59 Å². The normalized spacial score (nSPS) is 25.1. The zero-order chi connectivity index (χ0) is 23.0. The zero-order valence-corrected chi connectivity index (χ0v) is 20.3. The number of piperidine rings is 3. The molecular weight excluding hydrogens is 414 g/mol. The Balaban J connectivity index is 1.22. The summed E-state index contributed by atoms with van der Waals surface area (Å²) in [5.41, 5.74) is 0. The van der Waals surface area contributed by atoms with Crippen LogP contribution in [0.3, 0.4) is 0 Å². The van der Waals surface area contributed by atoms with Gasteiger partial charge in [0.15, 0.2) is 0 Å². The summed E-state index contributed by atoms with van der Waals surface area (Å²) in [6, 6.07) is 9.60. The van der Waals surface area contributed by atoms with Gasteiger partial charge in [0, 0.05) is 32.7 Å². The third-order valence-corrected chi connectivity index (χ3v) is 7.67. The fourth-order valence-corrected chi connectivity index (χ4v) is 5.62. The molecule has 1 aromatic carbocycles. The van der Waals surface area contributed by atoms with Crippen LogP contribution in [0.25, 0.3) is 0 Å². The lowest BCUT2D eigenvalue weighted by Crippen LogP contribution is -2.50. The van der Waals surface area contributed by atoms with Gasteiger partial charge in [-0.15, -0.1) is 0 Å². The summed E-state index contributed by atoms with van der Waals surface area (Å²) in [4.78, 5) is 32.7. The minimum absolute atomic E-state index is 0.0488. The van der Waals surface area contributed by atoms with Crippen molar-refractivity contribution in [2.45, 2.75) is 51.9 Å². The second kappa shape index (κ2) is 11.9. The number of carbonyl (C=O) groups excluding carboxylic acids is 2. The van der Waals surface area contributed by atoms with Gasteiger partial charge in [-0.3, -0.25) is 9.59 Å². The lowest BCUT2D eigenvalue weighted by atomic mass is 9.91. The molecule has 0 aromatic heterocycles. The largest absolute Gasteiger partial charge is 0.493 e. The van der Waals surface area contributed by atoms with Crippen LogP contribution >= 0.6 is 0 Å². The summed E-state index contributed by atoms with van der Waals surface area (Å²) in [6.45, 7) is 9.36. The third-order valence-electron chi connectivity index (χ3n) is 7.67. The maximum Gasteiger partial charge on any atom is 0.227 e. The van der Waals surface area contributed by atoms with Gasteiger partial charge >= 0.3 is 0 Å². The molecule has 182 valence electrons. The Morgan fingerprint density at radius 2 is 1.64 bits per heavy atom. The predicted octanol–water partition coefficient (Wildman–Crippen LogP) is 3.66. The standard InChI is InChI=1S/C27H41N3O3/c1-22-11-16-28(17-12-22)19-23-7-5-15-30(20-23)27(32)24-8-6-14-29(21-24)26(31)13-18-33-25-9-3-2-4-10-25/h2-4,9-10,22-24H,5-8,11-21H2,1H3. The Morgan fingerprint density at radius 1 is 0.909 bits per heavy atom. The van der Waals surface area contributed by atoms with Crippen LogP contribution in [0.1, 0.15) is 51.9 Å². The van der Waals surface area contributed by atoms with E-state index < -0.39 is 0 Å². The Kier molecular flexibility index (Phi) is 8.65. The molecule has 3 heterocycles. The summed E-state index contributed by atoms with van der Waals surface area (Å²) in [5, 5.41) is 0. The molecule has 0 aliphatic carbocycles. The summed E-state index contributed by atoms with van der Waals surface area (Å²) in [6.07, 6.45) is 7.10. The molecule has 2 atom stereocenters.